The van der Waals surface area contributed by atoms with Crippen LogP contribution in [0.4, 0.5) is 4.39 Å². The van der Waals surface area contributed by atoms with Crippen LogP contribution in [-0.2, 0) is 13.0 Å². The lowest BCUT2D eigenvalue weighted by Crippen LogP contribution is -2.37. The van der Waals surface area contributed by atoms with E-state index in [-0.39, 0.29) is 5.82 Å². The first kappa shape index (κ1) is 19.6. The summed E-state index contributed by atoms with van der Waals surface area (Å²) in [6.45, 7) is 3.96. The molecule has 3 aromatic rings. The Bertz CT molecular complexity index is 892. The summed E-state index contributed by atoms with van der Waals surface area (Å²) in [4.78, 5) is 9.05. The van der Waals surface area contributed by atoms with Crippen LogP contribution in [0.3, 0.4) is 0 Å². The molecule has 0 fully saturated rings. The van der Waals surface area contributed by atoms with Crippen molar-refractivity contribution in [3.05, 3.63) is 77.9 Å². The number of rotatable bonds is 8. The van der Waals surface area contributed by atoms with Crippen LogP contribution in [0.25, 0.3) is 11.5 Å². The van der Waals surface area contributed by atoms with Gasteiger partial charge in [0.1, 0.15) is 17.8 Å². The molecule has 1 aromatic heterocycles. The van der Waals surface area contributed by atoms with E-state index in [0.29, 0.717) is 12.4 Å². The Morgan fingerprint density at radius 1 is 1.11 bits per heavy atom. The number of halogens is 1. The van der Waals surface area contributed by atoms with Crippen LogP contribution < -0.4 is 10.6 Å². The van der Waals surface area contributed by atoms with Gasteiger partial charge in [0.2, 0.25) is 5.89 Å². The maximum absolute atomic E-state index is 13.2. The van der Waals surface area contributed by atoms with E-state index in [4.69, 9.17) is 4.42 Å². The molecule has 0 amide bonds. The molecular weight excluding hydrogens is 355 g/mol. The Morgan fingerprint density at radius 3 is 2.75 bits per heavy atom. The first-order valence-corrected chi connectivity index (χ1v) is 9.51. The number of hydrogen-bond donors (Lipinski definition) is 2. The third-order valence-corrected chi connectivity index (χ3v) is 4.14. The molecule has 0 saturated carbocycles. The van der Waals surface area contributed by atoms with E-state index in [9.17, 15) is 4.39 Å². The number of aliphatic imine (C=N–C) groups is 1. The second-order valence-electron chi connectivity index (χ2n) is 6.37. The molecule has 0 bridgehead atoms. The van der Waals surface area contributed by atoms with E-state index < -0.39 is 0 Å². The molecule has 1 heterocycles. The predicted octanol–water partition coefficient (Wildman–Crippen LogP) is 4.17. The van der Waals surface area contributed by atoms with Crippen LogP contribution in [0.2, 0.25) is 0 Å². The maximum Gasteiger partial charge on any atom is 0.226 e. The summed E-state index contributed by atoms with van der Waals surface area (Å²) in [7, 11) is 0. The summed E-state index contributed by atoms with van der Waals surface area (Å²) in [6, 6.07) is 16.5. The van der Waals surface area contributed by atoms with E-state index in [1.807, 2.05) is 43.3 Å². The van der Waals surface area contributed by atoms with Gasteiger partial charge in [-0.15, -0.1) is 0 Å². The fourth-order valence-electron chi connectivity index (χ4n) is 2.79. The minimum atomic E-state index is -0.192. The summed E-state index contributed by atoms with van der Waals surface area (Å²) < 4.78 is 18.8. The summed E-state index contributed by atoms with van der Waals surface area (Å²) in [5.74, 6) is 1.13. The van der Waals surface area contributed by atoms with Crippen LogP contribution >= 0.6 is 0 Å². The molecule has 0 aliphatic rings. The smallest absolute Gasteiger partial charge is 0.226 e. The van der Waals surface area contributed by atoms with Gasteiger partial charge in [0.05, 0.1) is 6.54 Å². The molecule has 28 heavy (non-hydrogen) atoms. The van der Waals surface area contributed by atoms with Crippen LogP contribution in [0, 0.1) is 5.82 Å². The summed E-state index contributed by atoms with van der Waals surface area (Å²) in [5, 5.41) is 6.52. The Balaban J connectivity index is 1.50. The minimum Gasteiger partial charge on any atom is -0.444 e. The standard InChI is InChI=1S/C22H25FN4O/c1-2-24-22(25-13-7-9-17-8-6-12-19(23)14-17)26-15-20-16-28-21(27-20)18-10-4-3-5-11-18/h3-6,8,10-12,14,16H,2,7,9,13,15H2,1H3,(H2,24,25,26). The van der Waals surface area contributed by atoms with E-state index in [0.717, 1.165) is 48.7 Å². The Kier molecular flexibility index (Phi) is 7.18. The Labute approximate surface area is 164 Å². The molecule has 3 rings (SSSR count). The van der Waals surface area contributed by atoms with E-state index in [1.165, 1.54) is 6.07 Å². The highest BCUT2D eigenvalue weighted by atomic mass is 19.1. The van der Waals surface area contributed by atoms with Crippen molar-refractivity contribution >= 4 is 5.96 Å². The van der Waals surface area contributed by atoms with Gasteiger partial charge in [-0.2, -0.15) is 0 Å². The zero-order valence-corrected chi connectivity index (χ0v) is 16.0. The van der Waals surface area contributed by atoms with Gasteiger partial charge in [0.15, 0.2) is 5.96 Å². The molecule has 5 nitrogen and oxygen atoms in total. The summed E-state index contributed by atoms with van der Waals surface area (Å²) in [5.41, 5.74) is 2.72. The van der Waals surface area contributed by atoms with Crippen LogP contribution in [0.1, 0.15) is 24.6 Å². The van der Waals surface area contributed by atoms with E-state index >= 15 is 0 Å². The number of benzene rings is 2. The molecule has 0 aliphatic carbocycles. The predicted molar refractivity (Wildman–Crippen MR) is 109 cm³/mol. The highest BCUT2D eigenvalue weighted by Gasteiger charge is 2.06. The van der Waals surface area contributed by atoms with Crippen LogP contribution in [-0.4, -0.2) is 24.0 Å². The zero-order valence-electron chi connectivity index (χ0n) is 16.0. The first-order chi connectivity index (χ1) is 13.7. The lowest BCUT2D eigenvalue weighted by molar-refractivity contribution is 0.572. The average molecular weight is 380 g/mol. The van der Waals surface area contributed by atoms with E-state index in [1.54, 1.807) is 18.4 Å². The van der Waals surface area contributed by atoms with Crippen molar-refractivity contribution in [2.45, 2.75) is 26.3 Å². The van der Waals surface area contributed by atoms with Gasteiger partial charge in [-0.3, -0.25) is 0 Å². The molecule has 2 N–H and O–H groups in total. The van der Waals surface area contributed by atoms with Crippen LogP contribution in [0.5, 0.6) is 0 Å². The van der Waals surface area contributed by atoms with Gasteiger partial charge in [-0.1, -0.05) is 30.3 Å². The average Bonchev–Trinajstić information content (AvgIpc) is 3.19. The number of nitrogens with one attached hydrogen (secondary N) is 2. The molecule has 2 aromatic carbocycles. The van der Waals surface area contributed by atoms with Gasteiger partial charge in [0.25, 0.3) is 0 Å². The van der Waals surface area contributed by atoms with E-state index in [2.05, 4.69) is 20.6 Å². The molecule has 0 unspecified atom stereocenters. The number of guanidine groups is 1. The van der Waals surface area contributed by atoms with Gasteiger partial charge in [-0.05, 0) is 49.6 Å². The van der Waals surface area contributed by atoms with Gasteiger partial charge in [-0.25, -0.2) is 14.4 Å². The van der Waals surface area contributed by atoms with Crippen molar-refractivity contribution in [2.75, 3.05) is 13.1 Å². The number of nitrogens with zero attached hydrogens (tertiary/aromatic N) is 2. The largest absolute Gasteiger partial charge is 0.444 e. The van der Waals surface area contributed by atoms with Crippen molar-refractivity contribution in [1.29, 1.82) is 0 Å². The topological polar surface area (TPSA) is 62.5 Å². The van der Waals surface area contributed by atoms with Gasteiger partial charge >= 0.3 is 0 Å². The van der Waals surface area contributed by atoms with Gasteiger partial charge < -0.3 is 15.1 Å². The molecule has 0 saturated heterocycles. The second kappa shape index (κ2) is 10.3. The summed E-state index contributed by atoms with van der Waals surface area (Å²) in [6.07, 6.45) is 3.34. The SMILES string of the molecule is CCNC(=NCc1coc(-c2ccccc2)n1)NCCCc1cccc(F)c1. The lowest BCUT2D eigenvalue weighted by atomic mass is 10.1. The Morgan fingerprint density at radius 2 is 1.96 bits per heavy atom. The van der Waals surface area contributed by atoms with Crippen LogP contribution in [0.15, 0.2) is 70.3 Å². The quantitative estimate of drug-likeness (QED) is 0.350. The fraction of sp³-hybridized carbons (Fsp3) is 0.273. The van der Waals surface area contributed by atoms with Gasteiger partial charge in [0, 0.05) is 18.7 Å². The third-order valence-electron chi connectivity index (χ3n) is 4.14. The number of hydrogen-bond acceptors (Lipinski definition) is 3. The van der Waals surface area contributed by atoms with Crippen molar-refractivity contribution in [3.63, 3.8) is 0 Å². The normalized spacial score (nSPS) is 11.4. The maximum atomic E-state index is 13.2. The minimum absolute atomic E-state index is 0.192. The molecular formula is C22H25FN4O. The van der Waals surface area contributed by atoms with Crippen molar-refractivity contribution < 1.29 is 8.81 Å². The molecule has 0 radical (unpaired) electrons. The number of aryl methyl sites for hydroxylation is 1. The monoisotopic (exact) mass is 380 g/mol. The summed E-state index contributed by atoms with van der Waals surface area (Å²) >= 11 is 0. The van der Waals surface area contributed by atoms with Crippen molar-refractivity contribution in [2.24, 2.45) is 4.99 Å². The van der Waals surface area contributed by atoms with Crippen molar-refractivity contribution in [1.82, 2.24) is 15.6 Å². The molecule has 0 spiro atoms. The molecule has 146 valence electrons. The molecule has 6 heteroatoms. The van der Waals surface area contributed by atoms with Crippen molar-refractivity contribution in [3.8, 4) is 11.5 Å². The first-order valence-electron chi connectivity index (χ1n) is 9.51. The molecule has 0 aliphatic heterocycles. The lowest BCUT2D eigenvalue weighted by Gasteiger charge is -2.11. The Hall–Kier alpha value is -3.15. The molecule has 0 atom stereocenters. The number of oxazole rings is 1. The fourth-order valence-corrected chi connectivity index (χ4v) is 2.79. The zero-order chi connectivity index (χ0) is 19.6. The third kappa shape index (κ3) is 5.94. The second-order valence-corrected chi connectivity index (χ2v) is 6.37. The number of aromatic nitrogens is 1. The highest BCUT2D eigenvalue weighted by molar-refractivity contribution is 5.79. The highest BCUT2D eigenvalue weighted by Crippen LogP contribution is 2.18.